The molecular weight excluding hydrogens is 204 g/mol. The Kier molecular flexibility index (Phi) is 3.60. The van der Waals surface area contributed by atoms with Crippen molar-refractivity contribution in [3.8, 4) is 0 Å². The molecule has 2 heteroatoms. The number of thiophene rings is 1. The van der Waals surface area contributed by atoms with E-state index >= 15 is 0 Å². The molecule has 0 saturated carbocycles. The highest BCUT2D eigenvalue weighted by Gasteiger charge is 2.12. The topological polar surface area (TPSA) is 20.2 Å². The third-order valence-corrected chi connectivity index (χ3v) is 3.87. The average Bonchev–Trinajstić information content (AvgIpc) is 2.65. The summed E-state index contributed by atoms with van der Waals surface area (Å²) in [5, 5.41) is 13.3. The maximum Gasteiger partial charge on any atom is 0.0545 e. The standard InChI is InChI=1S/C13H18OS/c1-2-3-12(14)9-10-4-5-13-11(8-10)6-7-15-13/h5-8,10,12,14H,2-4,9H2,1H3/t10?,12-/m0/s1. The van der Waals surface area contributed by atoms with Gasteiger partial charge in [0.1, 0.15) is 0 Å². The van der Waals surface area contributed by atoms with E-state index < -0.39 is 0 Å². The van der Waals surface area contributed by atoms with Gasteiger partial charge in [-0.15, -0.1) is 11.3 Å². The minimum Gasteiger partial charge on any atom is -0.393 e. The Morgan fingerprint density at radius 2 is 2.47 bits per heavy atom. The smallest absolute Gasteiger partial charge is 0.0545 e. The van der Waals surface area contributed by atoms with Crippen LogP contribution in [0.25, 0.3) is 12.2 Å². The van der Waals surface area contributed by atoms with E-state index in [2.05, 4.69) is 30.5 Å². The number of aliphatic hydroxyl groups excluding tert-OH is 1. The van der Waals surface area contributed by atoms with Gasteiger partial charge in [-0.05, 0) is 41.8 Å². The van der Waals surface area contributed by atoms with E-state index in [1.807, 2.05) is 11.3 Å². The molecule has 0 aliphatic heterocycles. The van der Waals surface area contributed by atoms with Gasteiger partial charge >= 0.3 is 0 Å². The summed E-state index contributed by atoms with van der Waals surface area (Å²) in [4.78, 5) is 0. The molecule has 1 aromatic rings. The third-order valence-electron chi connectivity index (χ3n) is 2.95. The van der Waals surface area contributed by atoms with Gasteiger partial charge < -0.3 is 5.11 Å². The molecule has 1 unspecified atom stereocenters. The van der Waals surface area contributed by atoms with Crippen LogP contribution in [0, 0.1) is 5.92 Å². The van der Waals surface area contributed by atoms with Gasteiger partial charge in [-0.2, -0.15) is 0 Å². The molecule has 1 aliphatic rings. The number of fused-ring (bicyclic) bond motifs is 1. The molecule has 1 nitrogen and oxygen atoms in total. The van der Waals surface area contributed by atoms with Crippen molar-refractivity contribution in [2.45, 2.75) is 38.7 Å². The molecule has 15 heavy (non-hydrogen) atoms. The van der Waals surface area contributed by atoms with Crippen molar-refractivity contribution in [1.82, 2.24) is 0 Å². The zero-order valence-electron chi connectivity index (χ0n) is 9.15. The van der Waals surface area contributed by atoms with E-state index in [1.54, 1.807) is 0 Å². The van der Waals surface area contributed by atoms with Crippen LogP contribution in [-0.2, 0) is 0 Å². The summed E-state index contributed by atoms with van der Waals surface area (Å²) in [5.74, 6) is 0.536. The number of hydrogen-bond donors (Lipinski definition) is 1. The molecule has 1 heterocycles. The molecule has 0 aromatic carbocycles. The summed E-state index contributed by atoms with van der Waals surface area (Å²) in [7, 11) is 0. The SMILES string of the molecule is CCC[C@H](O)CC1C=c2ccsc2=CC1. The van der Waals surface area contributed by atoms with E-state index in [1.165, 1.54) is 9.75 Å². The van der Waals surface area contributed by atoms with Crippen molar-refractivity contribution < 1.29 is 5.11 Å². The molecule has 0 radical (unpaired) electrons. The molecule has 1 aromatic heterocycles. The van der Waals surface area contributed by atoms with Crippen LogP contribution in [-0.4, -0.2) is 11.2 Å². The maximum atomic E-state index is 9.77. The van der Waals surface area contributed by atoms with Gasteiger partial charge in [0.05, 0.1) is 6.10 Å². The zero-order chi connectivity index (χ0) is 10.7. The first kappa shape index (κ1) is 10.9. The normalized spacial score (nSPS) is 21.3. The minimum atomic E-state index is -0.121. The third kappa shape index (κ3) is 2.70. The molecule has 1 aliphatic carbocycles. The molecule has 82 valence electrons. The fraction of sp³-hybridized carbons (Fsp3) is 0.538. The summed E-state index contributed by atoms with van der Waals surface area (Å²) < 4.78 is 1.40. The second-order valence-corrected chi connectivity index (χ2v) is 5.23. The highest BCUT2D eigenvalue weighted by atomic mass is 32.1. The quantitative estimate of drug-likeness (QED) is 0.824. The van der Waals surface area contributed by atoms with Crippen molar-refractivity contribution in [1.29, 1.82) is 0 Å². The van der Waals surface area contributed by atoms with E-state index in [-0.39, 0.29) is 6.10 Å². The van der Waals surface area contributed by atoms with Crippen LogP contribution in [0.4, 0.5) is 0 Å². The van der Waals surface area contributed by atoms with Gasteiger partial charge in [-0.25, -0.2) is 0 Å². The monoisotopic (exact) mass is 222 g/mol. The Morgan fingerprint density at radius 1 is 1.60 bits per heavy atom. The van der Waals surface area contributed by atoms with Crippen LogP contribution in [0.3, 0.4) is 0 Å². The highest BCUT2D eigenvalue weighted by Crippen LogP contribution is 2.18. The Morgan fingerprint density at radius 3 is 3.27 bits per heavy atom. The Balaban J connectivity index is 2.03. The molecule has 0 bridgehead atoms. The van der Waals surface area contributed by atoms with E-state index in [0.717, 1.165) is 25.7 Å². The Labute approximate surface area is 94.8 Å². The maximum absolute atomic E-state index is 9.77. The fourth-order valence-electron chi connectivity index (χ4n) is 2.18. The van der Waals surface area contributed by atoms with Crippen molar-refractivity contribution in [3.05, 3.63) is 21.2 Å². The van der Waals surface area contributed by atoms with Gasteiger partial charge in [-0.3, -0.25) is 0 Å². The zero-order valence-corrected chi connectivity index (χ0v) is 9.96. The predicted molar refractivity (Wildman–Crippen MR) is 66.1 cm³/mol. The molecular formula is C13H18OS. The lowest BCUT2D eigenvalue weighted by Gasteiger charge is -2.16. The number of hydrogen-bond acceptors (Lipinski definition) is 2. The van der Waals surface area contributed by atoms with Crippen molar-refractivity contribution >= 4 is 23.5 Å². The summed E-state index contributed by atoms with van der Waals surface area (Å²) in [6.45, 7) is 2.12. The van der Waals surface area contributed by atoms with Crippen LogP contribution in [0.1, 0.15) is 32.6 Å². The largest absolute Gasteiger partial charge is 0.393 e. The lowest BCUT2D eigenvalue weighted by Crippen LogP contribution is -2.25. The van der Waals surface area contributed by atoms with Gasteiger partial charge in [0.15, 0.2) is 0 Å². The van der Waals surface area contributed by atoms with Gasteiger partial charge in [0.2, 0.25) is 0 Å². The van der Waals surface area contributed by atoms with Gasteiger partial charge in [0.25, 0.3) is 0 Å². The molecule has 0 fully saturated rings. The van der Waals surface area contributed by atoms with Crippen molar-refractivity contribution in [3.63, 3.8) is 0 Å². The fourth-order valence-corrected chi connectivity index (χ4v) is 3.01. The predicted octanol–water partition coefficient (Wildman–Crippen LogP) is 1.88. The molecule has 1 N–H and O–H groups in total. The first-order chi connectivity index (χ1) is 7.29. The van der Waals surface area contributed by atoms with Crippen LogP contribution >= 0.6 is 11.3 Å². The summed E-state index contributed by atoms with van der Waals surface area (Å²) in [6, 6.07) is 2.18. The average molecular weight is 222 g/mol. The van der Waals surface area contributed by atoms with Crippen LogP contribution in [0.5, 0.6) is 0 Å². The lowest BCUT2D eigenvalue weighted by atomic mass is 9.93. The molecule has 2 atom stereocenters. The summed E-state index contributed by atoms with van der Waals surface area (Å²) in [6.07, 6.45) is 8.52. The van der Waals surface area contributed by atoms with Crippen molar-refractivity contribution in [2.75, 3.05) is 0 Å². The van der Waals surface area contributed by atoms with E-state index in [0.29, 0.717) is 5.92 Å². The number of rotatable bonds is 4. The minimum absolute atomic E-state index is 0.121. The van der Waals surface area contributed by atoms with Crippen molar-refractivity contribution in [2.24, 2.45) is 5.92 Å². The Bertz CT molecular complexity index is 418. The van der Waals surface area contributed by atoms with E-state index in [4.69, 9.17) is 0 Å². The summed E-state index contributed by atoms with van der Waals surface area (Å²) >= 11 is 1.81. The second-order valence-electron chi connectivity index (χ2n) is 4.28. The highest BCUT2D eigenvalue weighted by molar-refractivity contribution is 7.07. The lowest BCUT2D eigenvalue weighted by molar-refractivity contribution is 0.143. The first-order valence-electron chi connectivity index (χ1n) is 5.73. The number of aliphatic hydroxyl groups is 1. The Hall–Kier alpha value is -0.600. The first-order valence-corrected chi connectivity index (χ1v) is 6.61. The van der Waals surface area contributed by atoms with Gasteiger partial charge in [0, 0.05) is 4.53 Å². The van der Waals surface area contributed by atoms with Crippen LogP contribution in [0.15, 0.2) is 11.4 Å². The molecule has 0 spiro atoms. The molecule has 0 saturated heterocycles. The van der Waals surface area contributed by atoms with Crippen LogP contribution in [0.2, 0.25) is 0 Å². The van der Waals surface area contributed by atoms with E-state index in [9.17, 15) is 5.11 Å². The molecule has 0 amide bonds. The summed E-state index contributed by atoms with van der Waals surface area (Å²) in [5.41, 5.74) is 0. The molecule has 2 rings (SSSR count). The second kappa shape index (κ2) is 4.95. The van der Waals surface area contributed by atoms with Crippen LogP contribution < -0.4 is 9.75 Å². The van der Waals surface area contributed by atoms with Gasteiger partial charge in [-0.1, -0.05) is 25.5 Å².